The van der Waals surface area contributed by atoms with E-state index < -0.39 is 0 Å². The fourth-order valence-electron chi connectivity index (χ4n) is 1.69. The van der Waals surface area contributed by atoms with Crippen molar-refractivity contribution < 1.29 is 4.74 Å². The number of aryl methyl sites for hydroxylation is 2. The lowest BCUT2D eigenvalue weighted by Gasteiger charge is -2.14. The van der Waals surface area contributed by atoms with Crippen molar-refractivity contribution in [3.8, 4) is 5.75 Å². The molecule has 0 aromatic heterocycles. The quantitative estimate of drug-likeness (QED) is 0.844. The minimum atomic E-state index is 0.549. The number of rotatable bonds is 5. The molecule has 0 radical (unpaired) electrons. The smallest absolute Gasteiger partial charge is 0.126 e. The van der Waals surface area contributed by atoms with Gasteiger partial charge in [-0.2, -0.15) is 0 Å². The minimum Gasteiger partial charge on any atom is -0.493 e. The van der Waals surface area contributed by atoms with Gasteiger partial charge in [0.15, 0.2) is 0 Å². The highest BCUT2D eigenvalue weighted by Crippen LogP contribution is 2.25. The van der Waals surface area contributed by atoms with Gasteiger partial charge in [-0.1, -0.05) is 39.8 Å². The van der Waals surface area contributed by atoms with Crippen LogP contribution in [0.1, 0.15) is 50.8 Å². The molecule has 0 unspecified atom stereocenters. The molecular weight excluding hydrogens is 210 g/mol. The molecule has 0 atom stereocenters. The number of nitrogens with two attached hydrogens (primary N) is 1. The van der Waals surface area contributed by atoms with Crippen LogP contribution >= 0.6 is 0 Å². The molecule has 0 saturated carbocycles. The highest BCUT2D eigenvalue weighted by molar-refractivity contribution is 5.44. The summed E-state index contributed by atoms with van der Waals surface area (Å²) in [5.74, 6) is 0.983. The van der Waals surface area contributed by atoms with E-state index >= 15 is 0 Å². The van der Waals surface area contributed by atoms with Crippen LogP contribution in [0.15, 0.2) is 12.1 Å². The summed E-state index contributed by atoms with van der Waals surface area (Å²) >= 11 is 0. The van der Waals surface area contributed by atoms with Crippen LogP contribution in [0.25, 0.3) is 0 Å². The molecule has 2 nitrogen and oxygen atoms in total. The Kier molecular flexibility index (Phi) is 8.51. The van der Waals surface area contributed by atoms with Crippen molar-refractivity contribution in [2.75, 3.05) is 6.61 Å². The molecular formula is C15H27NO. The molecule has 2 heteroatoms. The molecule has 1 aromatic rings. The summed E-state index contributed by atoms with van der Waals surface area (Å²) in [5.41, 5.74) is 9.39. The highest BCUT2D eigenvalue weighted by Gasteiger charge is 2.07. The first-order chi connectivity index (χ1) is 8.22. The fourth-order valence-corrected chi connectivity index (χ4v) is 1.69. The molecule has 0 amide bonds. The van der Waals surface area contributed by atoms with Crippen LogP contribution in [0.3, 0.4) is 0 Å². The zero-order valence-corrected chi connectivity index (χ0v) is 12.0. The lowest BCUT2D eigenvalue weighted by molar-refractivity contribution is 0.312. The van der Waals surface area contributed by atoms with E-state index in [-0.39, 0.29) is 0 Å². The number of hydrogen-bond donors (Lipinski definition) is 1. The minimum absolute atomic E-state index is 0.549. The van der Waals surface area contributed by atoms with E-state index in [1.165, 1.54) is 11.1 Å². The van der Waals surface area contributed by atoms with Gasteiger partial charge in [-0.05, 0) is 30.9 Å². The van der Waals surface area contributed by atoms with Crippen molar-refractivity contribution in [3.63, 3.8) is 0 Å². The fraction of sp³-hybridized carbons (Fsp3) is 0.600. The van der Waals surface area contributed by atoms with E-state index in [9.17, 15) is 0 Å². The second-order valence-electron chi connectivity index (χ2n) is 3.81. The summed E-state index contributed by atoms with van der Waals surface area (Å²) in [7, 11) is 0. The Morgan fingerprint density at radius 2 is 1.82 bits per heavy atom. The lowest BCUT2D eigenvalue weighted by atomic mass is 10.0. The van der Waals surface area contributed by atoms with Gasteiger partial charge >= 0.3 is 0 Å². The van der Waals surface area contributed by atoms with Crippen LogP contribution in [-0.2, 0) is 13.0 Å². The second-order valence-corrected chi connectivity index (χ2v) is 3.81. The van der Waals surface area contributed by atoms with Crippen molar-refractivity contribution in [2.24, 2.45) is 5.73 Å². The average molecular weight is 237 g/mol. The summed E-state index contributed by atoms with van der Waals surface area (Å²) in [4.78, 5) is 0. The first-order valence-electron chi connectivity index (χ1n) is 6.68. The number of hydrogen-bond acceptors (Lipinski definition) is 2. The highest BCUT2D eigenvalue weighted by atomic mass is 16.5. The Morgan fingerprint density at radius 1 is 1.18 bits per heavy atom. The number of benzene rings is 1. The molecule has 2 N–H and O–H groups in total. The van der Waals surface area contributed by atoms with Gasteiger partial charge in [-0.15, -0.1) is 0 Å². The molecule has 1 rings (SSSR count). The predicted molar refractivity (Wildman–Crippen MR) is 75.6 cm³/mol. The standard InChI is InChI=1S/C13H21NO.C2H6/c1-4-6-15-13-10(3)7-11(5-2)8-12(13)9-14;1-2/h7-8H,4-6,9,14H2,1-3H3;1-2H3. The van der Waals surface area contributed by atoms with Gasteiger partial charge in [0.25, 0.3) is 0 Å². The monoisotopic (exact) mass is 237 g/mol. The van der Waals surface area contributed by atoms with Crippen molar-refractivity contribution >= 4 is 0 Å². The molecule has 0 fully saturated rings. The largest absolute Gasteiger partial charge is 0.493 e. The van der Waals surface area contributed by atoms with Crippen molar-refractivity contribution in [3.05, 3.63) is 28.8 Å². The van der Waals surface area contributed by atoms with Crippen LogP contribution in [0.2, 0.25) is 0 Å². The summed E-state index contributed by atoms with van der Waals surface area (Å²) in [6, 6.07) is 4.34. The van der Waals surface area contributed by atoms with Crippen LogP contribution in [0, 0.1) is 6.92 Å². The third kappa shape index (κ3) is 4.78. The van der Waals surface area contributed by atoms with Crippen LogP contribution in [0.4, 0.5) is 0 Å². The zero-order chi connectivity index (χ0) is 13.3. The average Bonchev–Trinajstić information content (AvgIpc) is 2.38. The van der Waals surface area contributed by atoms with Gasteiger partial charge in [0.2, 0.25) is 0 Å². The van der Waals surface area contributed by atoms with Crippen LogP contribution < -0.4 is 10.5 Å². The Balaban J connectivity index is 0.00000121. The summed E-state index contributed by atoms with van der Waals surface area (Å²) in [6.07, 6.45) is 2.07. The van der Waals surface area contributed by atoms with Gasteiger partial charge in [0.1, 0.15) is 5.75 Å². The van der Waals surface area contributed by atoms with Gasteiger partial charge in [0.05, 0.1) is 6.61 Å². The normalized spacial score (nSPS) is 9.53. The molecule has 0 saturated heterocycles. The summed E-state index contributed by atoms with van der Waals surface area (Å²) < 4.78 is 5.73. The van der Waals surface area contributed by atoms with Crippen molar-refractivity contribution in [1.82, 2.24) is 0 Å². The molecule has 0 aliphatic carbocycles. The van der Waals surface area contributed by atoms with E-state index in [0.717, 1.165) is 30.8 Å². The Hall–Kier alpha value is -1.02. The second kappa shape index (κ2) is 9.06. The topological polar surface area (TPSA) is 35.2 Å². The first kappa shape index (κ1) is 16.0. The van der Waals surface area contributed by atoms with E-state index in [1.807, 2.05) is 13.8 Å². The zero-order valence-electron chi connectivity index (χ0n) is 12.0. The third-order valence-corrected chi connectivity index (χ3v) is 2.49. The molecule has 0 heterocycles. The van der Waals surface area contributed by atoms with Crippen LogP contribution in [-0.4, -0.2) is 6.61 Å². The van der Waals surface area contributed by atoms with E-state index in [0.29, 0.717) is 6.54 Å². The molecule has 98 valence electrons. The van der Waals surface area contributed by atoms with E-state index in [1.54, 1.807) is 0 Å². The molecule has 0 bridgehead atoms. The first-order valence-corrected chi connectivity index (χ1v) is 6.68. The van der Waals surface area contributed by atoms with Gasteiger partial charge < -0.3 is 10.5 Å². The third-order valence-electron chi connectivity index (χ3n) is 2.49. The Labute approximate surface area is 106 Å². The van der Waals surface area contributed by atoms with E-state index in [2.05, 4.69) is 32.9 Å². The van der Waals surface area contributed by atoms with Gasteiger partial charge in [0, 0.05) is 12.1 Å². The molecule has 0 aliphatic rings. The van der Waals surface area contributed by atoms with Gasteiger partial charge in [-0.3, -0.25) is 0 Å². The Bertz CT molecular complexity index is 321. The molecule has 0 spiro atoms. The van der Waals surface area contributed by atoms with Crippen molar-refractivity contribution in [1.29, 1.82) is 0 Å². The maximum Gasteiger partial charge on any atom is 0.126 e. The van der Waals surface area contributed by atoms with Crippen molar-refractivity contribution in [2.45, 2.75) is 54.0 Å². The van der Waals surface area contributed by atoms with E-state index in [4.69, 9.17) is 10.5 Å². The number of ether oxygens (including phenoxy) is 1. The molecule has 1 aromatic carbocycles. The maximum atomic E-state index is 5.73. The summed E-state index contributed by atoms with van der Waals surface area (Å²) in [5, 5.41) is 0. The van der Waals surface area contributed by atoms with Crippen LogP contribution in [0.5, 0.6) is 5.75 Å². The maximum absolute atomic E-state index is 5.73. The molecule has 0 aliphatic heterocycles. The van der Waals surface area contributed by atoms with Gasteiger partial charge in [-0.25, -0.2) is 0 Å². The molecule has 17 heavy (non-hydrogen) atoms. The predicted octanol–water partition coefficient (Wildman–Crippen LogP) is 3.83. The summed E-state index contributed by atoms with van der Waals surface area (Å²) in [6.45, 7) is 11.7. The SMILES string of the molecule is CC.CCCOc1c(C)cc(CC)cc1CN. The Morgan fingerprint density at radius 3 is 2.29 bits per heavy atom. The lowest BCUT2D eigenvalue weighted by Crippen LogP contribution is -2.05.